The molecule has 16 heavy (non-hydrogen) atoms. The van der Waals surface area contributed by atoms with Gasteiger partial charge in [0, 0.05) is 16.6 Å². The minimum atomic E-state index is 0.614. The average Bonchev–Trinajstić information content (AvgIpc) is 2.31. The highest BCUT2D eigenvalue weighted by Crippen LogP contribution is 2.27. The van der Waals surface area contributed by atoms with Crippen LogP contribution in [0.5, 0.6) is 0 Å². The van der Waals surface area contributed by atoms with Crippen molar-refractivity contribution < 1.29 is 0 Å². The first-order chi connectivity index (χ1) is 7.81. The van der Waals surface area contributed by atoms with Gasteiger partial charge in [-0.1, -0.05) is 39.3 Å². The van der Waals surface area contributed by atoms with Crippen LogP contribution >= 0.6 is 11.8 Å². The van der Waals surface area contributed by atoms with Gasteiger partial charge >= 0.3 is 0 Å². The number of thioether (sulfide) groups is 1. The predicted octanol–water partition coefficient (Wildman–Crippen LogP) is 4.79. The molecule has 1 N–H and O–H groups in total. The molecule has 0 bridgehead atoms. The Kier molecular flexibility index (Phi) is 6.39. The molecular formula is C14H23NS. The van der Waals surface area contributed by atoms with Gasteiger partial charge in [-0.15, -0.1) is 11.8 Å². The van der Waals surface area contributed by atoms with E-state index in [0.29, 0.717) is 6.04 Å². The molecule has 1 atom stereocenters. The normalized spacial score (nSPS) is 12.4. The van der Waals surface area contributed by atoms with Crippen molar-refractivity contribution in [2.24, 2.45) is 0 Å². The summed E-state index contributed by atoms with van der Waals surface area (Å²) >= 11 is 1.91. The topological polar surface area (TPSA) is 12.0 Å². The molecule has 1 aromatic carbocycles. The summed E-state index contributed by atoms with van der Waals surface area (Å²) in [4.78, 5) is 1.37. The van der Waals surface area contributed by atoms with Gasteiger partial charge in [0.05, 0.1) is 0 Å². The molecule has 1 nitrogen and oxygen atoms in total. The van der Waals surface area contributed by atoms with Crippen LogP contribution in [0.1, 0.15) is 40.0 Å². The lowest BCUT2D eigenvalue weighted by molar-refractivity contribution is 0.621. The maximum absolute atomic E-state index is 3.66. The van der Waals surface area contributed by atoms with Crippen molar-refractivity contribution in [2.75, 3.05) is 11.1 Å². The maximum atomic E-state index is 3.66. The highest BCUT2D eigenvalue weighted by Gasteiger charge is 2.07. The molecule has 0 aliphatic carbocycles. The van der Waals surface area contributed by atoms with E-state index < -0.39 is 0 Å². The summed E-state index contributed by atoms with van der Waals surface area (Å²) in [6, 6.07) is 9.24. The zero-order valence-corrected chi connectivity index (χ0v) is 11.4. The lowest BCUT2D eigenvalue weighted by Crippen LogP contribution is -2.18. The van der Waals surface area contributed by atoms with Gasteiger partial charge in [-0.25, -0.2) is 0 Å². The van der Waals surface area contributed by atoms with Crippen molar-refractivity contribution in [3.05, 3.63) is 24.3 Å². The fraction of sp³-hybridized carbons (Fsp3) is 0.571. The number of nitrogens with one attached hydrogen (secondary N) is 1. The van der Waals surface area contributed by atoms with Gasteiger partial charge < -0.3 is 5.32 Å². The van der Waals surface area contributed by atoms with Crippen molar-refractivity contribution >= 4 is 17.4 Å². The van der Waals surface area contributed by atoms with Gasteiger partial charge in [-0.2, -0.15) is 0 Å². The second kappa shape index (κ2) is 7.61. The smallest absolute Gasteiger partial charge is 0.0480 e. The van der Waals surface area contributed by atoms with Crippen LogP contribution < -0.4 is 5.32 Å². The SMILES string of the molecule is CCCC(CC)Nc1ccccc1SCC. The van der Waals surface area contributed by atoms with Crippen molar-refractivity contribution in [1.29, 1.82) is 0 Å². The first-order valence-electron chi connectivity index (χ1n) is 6.30. The molecule has 90 valence electrons. The number of benzene rings is 1. The van der Waals surface area contributed by atoms with Crippen LogP contribution in [0.25, 0.3) is 0 Å². The fourth-order valence-electron chi connectivity index (χ4n) is 1.81. The molecule has 0 fully saturated rings. The highest BCUT2D eigenvalue weighted by atomic mass is 32.2. The molecular weight excluding hydrogens is 214 g/mol. The van der Waals surface area contributed by atoms with Gasteiger partial charge in [0.2, 0.25) is 0 Å². The Morgan fingerprint density at radius 1 is 1.19 bits per heavy atom. The average molecular weight is 237 g/mol. The molecule has 1 aromatic rings. The number of para-hydroxylation sites is 1. The van der Waals surface area contributed by atoms with E-state index in [2.05, 4.69) is 50.4 Å². The molecule has 0 saturated heterocycles. The second-order valence-corrected chi connectivity index (χ2v) is 5.27. The quantitative estimate of drug-likeness (QED) is 0.684. The molecule has 0 aliphatic rings. The molecule has 0 heterocycles. The molecule has 0 amide bonds. The van der Waals surface area contributed by atoms with Crippen LogP contribution in [-0.4, -0.2) is 11.8 Å². The molecule has 0 radical (unpaired) electrons. The van der Waals surface area contributed by atoms with E-state index in [0.717, 1.165) is 5.75 Å². The first kappa shape index (κ1) is 13.4. The Hall–Kier alpha value is -0.630. The highest BCUT2D eigenvalue weighted by molar-refractivity contribution is 7.99. The Balaban J connectivity index is 2.70. The minimum absolute atomic E-state index is 0.614. The molecule has 1 unspecified atom stereocenters. The molecule has 1 rings (SSSR count). The number of rotatable bonds is 7. The summed E-state index contributed by atoms with van der Waals surface area (Å²) in [6.45, 7) is 6.70. The van der Waals surface area contributed by atoms with Gasteiger partial charge in [-0.05, 0) is 30.7 Å². The van der Waals surface area contributed by atoms with Crippen LogP contribution in [0, 0.1) is 0 Å². The fourth-order valence-corrected chi connectivity index (χ4v) is 2.58. The van der Waals surface area contributed by atoms with E-state index in [1.807, 2.05) is 11.8 Å². The summed E-state index contributed by atoms with van der Waals surface area (Å²) in [7, 11) is 0. The van der Waals surface area contributed by atoms with Gasteiger partial charge in [-0.3, -0.25) is 0 Å². The molecule has 2 heteroatoms. The third-order valence-corrected chi connectivity index (χ3v) is 3.63. The second-order valence-electron chi connectivity index (χ2n) is 3.97. The largest absolute Gasteiger partial charge is 0.381 e. The Bertz CT molecular complexity index is 299. The summed E-state index contributed by atoms with van der Waals surface area (Å²) < 4.78 is 0. The Labute approximate surface area is 104 Å². The van der Waals surface area contributed by atoms with Crippen LogP contribution in [0.3, 0.4) is 0 Å². The molecule has 0 spiro atoms. The number of hydrogen-bond donors (Lipinski definition) is 1. The predicted molar refractivity (Wildman–Crippen MR) is 75.4 cm³/mol. The van der Waals surface area contributed by atoms with E-state index in [1.165, 1.54) is 29.8 Å². The monoisotopic (exact) mass is 237 g/mol. The van der Waals surface area contributed by atoms with E-state index in [4.69, 9.17) is 0 Å². The summed E-state index contributed by atoms with van der Waals surface area (Å²) in [5.41, 5.74) is 1.30. The van der Waals surface area contributed by atoms with Gasteiger partial charge in [0.1, 0.15) is 0 Å². The van der Waals surface area contributed by atoms with Gasteiger partial charge in [0.25, 0.3) is 0 Å². The van der Waals surface area contributed by atoms with Crippen molar-refractivity contribution in [3.8, 4) is 0 Å². The number of anilines is 1. The summed E-state index contributed by atoms with van der Waals surface area (Å²) in [6.07, 6.45) is 3.69. The minimum Gasteiger partial charge on any atom is -0.381 e. The lowest BCUT2D eigenvalue weighted by Gasteiger charge is -2.19. The van der Waals surface area contributed by atoms with Crippen LogP contribution in [0.2, 0.25) is 0 Å². The van der Waals surface area contributed by atoms with Crippen LogP contribution in [0.15, 0.2) is 29.2 Å². The maximum Gasteiger partial charge on any atom is 0.0480 e. The van der Waals surface area contributed by atoms with Gasteiger partial charge in [0.15, 0.2) is 0 Å². The zero-order chi connectivity index (χ0) is 11.8. The van der Waals surface area contributed by atoms with Crippen molar-refractivity contribution in [2.45, 2.75) is 51.0 Å². The third-order valence-electron chi connectivity index (χ3n) is 2.68. The van der Waals surface area contributed by atoms with E-state index in [-0.39, 0.29) is 0 Å². The van der Waals surface area contributed by atoms with Crippen LogP contribution in [0.4, 0.5) is 5.69 Å². The van der Waals surface area contributed by atoms with Crippen LogP contribution in [-0.2, 0) is 0 Å². The Morgan fingerprint density at radius 2 is 1.94 bits per heavy atom. The lowest BCUT2D eigenvalue weighted by atomic mass is 10.1. The third kappa shape index (κ3) is 4.09. The van der Waals surface area contributed by atoms with Crippen molar-refractivity contribution in [3.63, 3.8) is 0 Å². The Morgan fingerprint density at radius 3 is 2.56 bits per heavy atom. The number of hydrogen-bond acceptors (Lipinski definition) is 2. The standard InChI is InChI=1S/C14H23NS/c1-4-9-12(5-2)15-13-10-7-8-11-14(13)16-6-3/h7-8,10-12,15H,4-6,9H2,1-3H3. The van der Waals surface area contributed by atoms with E-state index in [9.17, 15) is 0 Å². The van der Waals surface area contributed by atoms with E-state index >= 15 is 0 Å². The van der Waals surface area contributed by atoms with E-state index in [1.54, 1.807) is 0 Å². The summed E-state index contributed by atoms with van der Waals surface area (Å²) in [5, 5.41) is 3.66. The molecule has 0 aliphatic heterocycles. The zero-order valence-electron chi connectivity index (χ0n) is 10.6. The van der Waals surface area contributed by atoms with Crippen molar-refractivity contribution in [1.82, 2.24) is 0 Å². The molecule has 0 saturated carbocycles. The summed E-state index contributed by atoms with van der Waals surface area (Å²) in [5.74, 6) is 1.13. The molecule has 0 aromatic heterocycles. The first-order valence-corrected chi connectivity index (χ1v) is 7.28.